The summed E-state index contributed by atoms with van der Waals surface area (Å²) in [6.45, 7) is 6.80. The molecule has 1 amide bonds. The van der Waals surface area contributed by atoms with Gasteiger partial charge in [0.1, 0.15) is 19.3 Å². The zero-order valence-corrected chi connectivity index (χ0v) is 52.0. The first-order valence-corrected chi connectivity index (χ1v) is 33.7. The standard InChI is InChI=1S/C67H123N2O7P/c1-7-10-13-16-19-22-25-27-29-30-31-32-33-34-35-36-37-38-40-41-44-47-50-53-56-59-66(70)68-64(63-75-77(72,73)74-62-61-69(4,5)6)65(58-55-52-49-46-43-24-21-18-15-12-9-3)76-67(71)60-57-54-51-48-45-42-39-28-26-23-20-17-14-11-8-2/h19,22-23,26-27,29,31-32,34-35,55,58,64-65H,7-18,20-21,24-25,28,30,33,36-54,56-57,59-63H2,1-6H3,(H-,68,70,72,73)/b22-19-,26-23-,29-27-,32-31-,35-34-,58-55-. The van der Waals surface area contributed by atoms with Crippen LogP contribution < -0.4 is 10.2 Å². The lowest BCUT2D eigenvalue weighted by atomic mass is 10.0. The highest BCUT2D eigenvalue weighted by atomic mass is 31.2. The van der Waals surface area contributed by atoms with Crippen molar-refractivity contribution in [1.29, 1.82) is 0 Å². The number of carbonyl (C=O) groups excluding carboxylic acids is 2. The van der Waals surface area contributed by atoms with Crippen LogP contribution in [0.25, 0.3) is 0 Å². The van der Waals surface area contributed by atoms with Gasteiger partial charge in [0.05, 0.1) is 33.8 Å². The van der Waals surface area contributed by atoms with Crippen molar-refractivity contribution in [2.45, 2.75) is 303 Å². The lowest BCUT2D eigenvalue weighted by molar-refractivity contribution is -0.870. The Balaban J connectivity index is 5.12. The average Bonchev–Trinajstić information content (AvgIpc) is 3.39. The van der Waals surface area contributed by atoms with Crippen molar-refractivity contribution >= 4 is 19.7 Å². The van der Waals surface area contributed by atoms with Gasteiger partial charge in [0.15, 0.2) is 0 Å². The molecule has 0 spiro atoms. The summed E-state index contributed by atoms with van der Waals surface area (Å²) < 4.78 is 30.3. The van der Waals surface area contributed by atoms with Gasteiger partial charge in [-0.25, -0.2) is 0 Å². The Kier molecular flexibility index (Phi) is 54.8. The van der Waals surface area contributed by atoms with E-state index in [1.807, 2.05) is 33.3 Å². The molecule has 0 aliphatic rings. The van der Waals surface area contributed by atoms with E-state index in [4.69, 9.17) is 13.8 Å². The van der Waals surface area contributed by atoms with E-state index in [9.17, 15) is 19.0 Å². The largest absolute Gasteiger partial charge is 0.756 e. The molecule has 3 atom stereocenters. The Morgan fingerprint density at radius 2 is 0.792 bits per heavy atom. The lowest BCUT2D eigenvalue weighted by Gasteiger charge is -2.30. The summed E-state index contributed by atoms with van der Waals surface area (Å²) in [5.74, 6) is -0.550. The Hall–Kier alpha value is -2.55. The zero-order valence-electron chi connectivity index (χ0n) is 51.2. The number of phosphoric ester groups is 1. The summed E-state index contributed by atoms with van der Waals surface area (Å²) in [5.41, 5.74) is 0. The number of phosphoric acid groups is 1. The number of nitrogens with zero attached hydrogens (tertiary/aromatic N) is 1. The second-order valence-corrected chi connectivity index (χ2v) is 24.3. The van der Waals surface area contributed by atoms with Crippen LogP contribution in [0.1, 0.15) is 290 Å². The monoisotopic (exact) mass is 1100 g/mol. The second kappa shape index (κ2) is 56.7. The molecule has 1 N–H and O–H groups in total. The van der Waals surface area contributed by atoms with Crippen LogP contribution in [-0.2, 0) is 27.9 Å². The summed E-state index contributed by atoms with van der Waals surface area (Å²) in [7, 11) is 1.18. The van der Waals surface area contributed by atoms with Crippen LogP contribution in [0.2, 0.25) is 0 Å². The summed E-state index contributed by atoms with van der Waals surface area (Å²) in [4.78, 5) is 40.0. The first-order valence-electron chi connectivity index (χ1n) is 32.2. The van der Waals surface area contributed by atoms with Gasteiger partial charge in [-0.2, -0.15) is 0 Å². The second-order valence-electron chi connectivity index (χ2n) is 22.9. The van der Waals surface area contributed by atoms with E-state index in [0.717, 1.165) is 103 Å². The molecule has 10 heteroatoms. The Morgan fingerprint density at radius 1 is 0.455 bits per heavy atom. The normalized spacial score (nSPS) is 14.1. The smallest absolute Gasteiger partial charge is 0.306 e. The van der Waals surface area contributed by atoms with E-state index >= 15 is 0 Å². The topological polar surface area (TPSA) is 114 Å². The Morgan fingerprint density at radius 3 is 1.23 bits per heavy atom. The van der Waals surface area contributed by atoms with Crippen LogP contribution in [0.3, 0.4) is 0 Å². The number of hydrogen-bond acceptors (Lipinski definition) is 7. The van der Waals surface area contributed by atoms with Gasteiger partial charge in [-0.05, 0) is 102 Å². The van der Waals surface area contributed by atoms with Crippen LogP contribution in [0.5, 0.6) is 0 Å². The summed E-state index contributed by atoms with van der Waals surface area (Å²) in [5, 5.41) is 3.03. The van der Waals surface area contributed by atoms with Gasteiger partial charge in [0, 0.05) is 12.8 Å². The maximum absolute atomic E-state index is 13.5. The highest BCUT2D eigenvalue weighted by molar-refractivity contribution is 7.45. The summed E-state index contributed by atoms with van der Waals surface area (Å²) in [6.07, 6.45) is 73.0. The molecule has 0 bridgehead atoms. The van der Waals surface area contributed by atoms with Crippen molar-refractivity contribution in [3.8, 4) is 0 Å². The third-order valence-corrected chi connectivity index (χ3v) is 15.1. The predicted octanol–water partition coefficient (Wildman–Crippen LogP) is 19.4. The number of quaternary nitrogens is 1. The molecule has 0 aliphatic carbocycles. The molecule has 0 heterocycles. The average molecular weight is 1100 g/mol. The molecule has 0 aromatic rings. The third kappa shape index (κ3) is 57.9. The zero-order chi connectivity index (χ0) is 56.4. The van der Waals surface area contributed by atoms with Crippen LogP contribution in [0.15, 0.2) is 72.9 Å². The molecule has 0 radical (unpaired) electrons. The van der Waals surface area contributed by atoms with Crippen molar-refractivity contribution in [2.75, 3.05) is 40.9 Å². The van der Waals surface area contributed by atoms with Gasteiger partial charge in [-0.3, -0.25) is 14.2 Å². The van der Waals surface area contributed by atoms with Crippen molar-refractivity contribution in [3.05, 3.63) is 72.9 Å². The van der Waals surface area contributed by atoms with E-state index in [0.29, 0.717) is 17.4 Å². The number of unbranched alkanes of at least 4 members (excludes halogenated alkanes) is 32. The van der Waals surface area contributed by atoms with Crippen LogP contribution >= 0.6 is 7.82 Å². The van der Waals surface area contributed by atoms with E-state index < -0.39 is 26.6 Å². The van der Waals surface area contributed by atoms with Crippen molar-refractivity contribution in [2.24, 2.45) is 0 Å². The molecular weight excluding hydrogens is 976 g/mol. The minimum atomic E-state index is -4.70. The highest BCUT2D eigenvalue weighted by Gasteiger charge is 2.27. The number of amides is 1. The van der Waals surface area contributed by atoms with Crippen LogP contribution in [0.4, 0.5) is 0 Å². The van der Waals surface area contributed by atoms with E-state index in [1.165, 1.54) is 154 Å². The van der Waals surface area contributed by atoms with Gasteiger partial charge >= 0.3 is 5.97 Å². The van der Waals surface area contributed by atoms with Crippen LogP contribution in [0, 0.1) is 0 Å². The summed E-state index contributed by atoms with van der Waals surface area (Å²) in [6, 6.07) is -0.895. The number of likely N-dealkylation sites (N-methyl/N-ethyl adjacent to an activating group) is 1. The molecule has 9 nitrogen and oxygen atoms in total. The molecule has 0 fully saturated rings. The fourth-order valence-electron chi connectivity index (χ4n) is 9.09. The molecule has 0 aliphatic heterocycles. The van der Waals surface area contributed by atoms with E-state index in [-0.39, 0.29) is 24.9 Å². The number of esters is 1. The minimum absolute atomic E-state index is 0.0261. The number of allylic oxidation sites excluding steroid dienone is 11. The number of rotatable bonds is 58. The van der Waals surface area contributed by atoms with Gasteiger partial charge in [-0.15, -0.1) is 0 Å². The molecule has 448 valence electrons. The maximum atomic E-state index is 13.5. The molecule has 0 aromatic heterocycles. The van der Waals surface area contributed by atoms with Crippen molar-refractivity contribution < 1.29 is 37.3 Å². The van der Waals surface area contributed by atoms with Gasteiger partial charge in [-0.1, -0.05) is 248 Å². The first-order chi connectivity index (χ1) is 37.4. The van der Waals surface area contributed by atoms with Crippen molar-refractivity contribution in [3.63, 3.8) is 0 Å². The fraction of sp³-hybridized carbons (Fsp3) is 0.791. The van der Waals surface area contributed by atoms with E-state index in [1.54, 1.807) is 0 Å². The molecule has 0 aromatic carbocycles. The highest BCUT2D eigenvalue weighted by Crippen LogP contribution is 2.38. The van der Waals surface area contributed by atoms with Gasteiger partial charge in [0.2, 0.25) is 5.91 Å². The third-order valence-electron chi connectivity index (χ3n) is 14.1. The number of ether oxygens (including phenoxy) is 1. The molecule has 0 rings (SSSR count). The summed E-state index contributed by atoms with van der Waals surface area (Å²) >= 11 is 0. The van der Waals surface area contributed by atoms with E-state index in [2.05, 4.69) is 86.8 Å². The Bertz CT molecular complexity index is 1550. The minimum Gasteiger partial charge on any atom is -0.756 e. The first kappa shape index (κ1) is 74.5. The molecular formula is C67H123N2O7P. The number of hydrogen-bond donors (Lipinski definition) is 1. The fourth-order valence-corrected chi connectivity index (χ4v) is 9.81. The van der Waals surface area contributed by atoms with Gasteiger partial charge < -0.3 is 28.5 Å². The van der Waals surface area contributed by atoms with Crippen LogP contribution in [-0.4, -0.2) is 69.4 Å². The molecule has 0 saturated heterocycles. The SMILES string of the molecule is CCCCC/C=C\C/C=C\C/C=C\C/C=C\CCCCCCCCCCCC(=O)NC(COP(=O)([O-])OCC[N+](C)(C)C)C(/C=C\CCCCCCCCCCC)OC(=O)CCCCCCCCC/C=C\CCCCCC. The Labute approximate surface area is 476 Å². The predicted molar refractivity (Wildman–Crippen MR) is 330 cm³/mol. The quantitative estimate of drug-likeness (QED) is 0.0212. The number of nitrogens with one attached hydrogen (secondary N) is 1. The molecule has 0 saturated carbocycles. The lowest BCUT2D eigenvalue weighted by Crippen LogP contribution is -2.47. The van der Waals surface area contributed by atoms with Gasteiger partial charge in [0.25, 0.3) is 7.82 Å². The molecule has 3 unspecified atom stereocenters. The molecule has 77 heavy (non-hydrogen) atoms. The number of carbonyl (C=O) groups is 2. The maximum Gasteiger partial charge on any atom is 0.306 e. The van der Waals surface area contributed by atoms with Crippen molar-refractivity contribution in [1.82, 2.24) is 5.32 Å².